The molecule has 3 N–H and O–H groups in total. The average Bonchev–Trinajstić information content (AvgIpc) is 2.42. The number of halogens is 4. The summed E-state index contributed by atoms with van der Waals surface area (Å²) in [5, 5.41) is 2.55. The van der Waals surface area contributed by atoms with Crippen LogP contribution in [0.4, 0.5) is 13.2 Å². The van der Waals surface area contributed by atoms with Crippen molar-refractivity contribution >= 4 is 18.3 Å². The molecule has 118 valence electrons. The van der Waals surface area contributed by atoms with Gasteiger partial charge in [0.2, 0.25) is 0 Å². The van der Waals surface area contributed by atoms with E-state index in [0.29, 0.717) is 6.54 Å². The summed E-state index contributed by atoms with van der Waals surface area (Å²) in [4.78, 5) is 11.8. The minimum absolute atomic E-state index is 0. The summed E-state index contributed by atoms with van der Waals surface area (Å²) in [6.07, 6.45) is 3.73. The second kappa shape index (κ2) is 7.66. The van der Waals surface area contributed by atoms with E-state index in [0.717, 1.165) is 37.8 Å². The Morgan fingerprint density at radius 3 is 2.62 bits per heavy atom. The zero-order valence-corrected chi connectivity index (χ0v) is 12.2. The second-order valence-electron chi connectivity index (χ2n) is 5.23. The maximum absolute atomic E-state index is 13.4. The van der Waals surface area contributed by atoms with E-state index in [2.05, 4.69) is 5.32 Å². The number of benzene rings is 1. The molecule has 1 aliphatic rings. The van der Waals surface area contributed by atoms with Gasteiger partial charge in [-0.3, -0.25) is 4.79 Å². The van der Waals surface area contributed by atoms with Gasteiger partial charge in [-0.1, -0.05) is 6.42 Å². The molecule has 3 nitrogen and oxygen atoms in total. The smallest absolute Gasteiger partial charge is 0.254 e. The lowest BCUT2D eigenvalue weighted by Crippen LogP contribution is -2.36. The Morgan fingerprint density at radius 1 is 1.24 bits per heavy atom. The number of hydrogen-bond donors (Lipinski definition) is 2. The molecular weight excluding hydrogens is 305 g/mol. The van der Waals surface area contributed by atoms with Crippen LogP contribution in [0.2, 0.25) is 0 Å². The minimum Gasteiger partial charge on any atom is -0.352 e. The lowest BCUT2D eigenvalue weighted by Gasteiger charge is -2.26. The quantitative estimate of drug-likeness (QED) is 0.841. The first-order valence-electron chi connectivity index (χ1n) is 6.66. The highest BCUT2D eigenvalue weighted by Crippen LogP contribution is 2.22. The van der Waals surface area contributed by atoms with Crippen LogP contribution in [0.25, 0.3) is 0 Å². The van der Waals surface area contributed by atoms with Gasteiger partial charge in [0, 0.05) is 12.6 Å². The Labute approximate surface area is 127 Å². The molecule has 7 heteroatoms. The van der Waals surface area contributed by atoms with Crippen molar-refractivity contribution in [3.8, 4) is 0 Å². The first kappa shape index (κ1) is 17.8. The second-order valence-corrected chi connectivity index (χ2v) is 5.23. The zero-order chi connectivity index (χ0) is 14.7. The molecule has 1 amide bonds. The molecule has 1 fully saturated rings. The van der Waals surface area contributed by atoms with E-state index in [9.17, 15) is 18.0 Å². The molecule has 1 saturated carbocycles. The van der Waals surface area contributed by atoms with Crippen molar-refractivity contribution in [3.63, 3.8) is 0 Å². The molecule has 0 saturated heterocycles. The van der Waals surface area contributed by atoms with E-state index in [1.54, 1.807) is 0 Å². The minimum atomic E-state index is -1.63. The maximum atomic E-state index is 13.4. The summed E-state index contributed by atoms with van der Waals surface area (Å²) in [6, 6.07) is 1.81. The monoisotopic (exact) mass is 322 g/mol. The first-order chi connectivity index (χ1) is 9.49. The Hall–Kier alpha value is -1.27. The van der Waals surface area contributed by atoms with Gasteiger partial charge in [-0.2, -0.15) is 0 Å². The van der Waals surface area contributed by atoms with Crippen molar-refractivity contribution in [2.45, 2.75) is 31.7 Å². The lowest BCUT2D eigenvalue weighted by molar-refractivity contribution is 0.0937. The standard InChI is InChI=1S/C14H17F3N2O.ClH/c15-11-5-4-10(12(16)13(11)17)14(20)19-7-8-2-1-3-9(18)6-8;/h4-5,8-9H,1-3,6-7,18H2,(H,19,20);1H. The third-order valence-corrected chi connectivity index (χ3v) is 3.65. The molecule has 0 spiro atoms. The highest BCUT2D eigenvalue weighted by atomic mass is 35.5. The summed E-state index contributed by atoms with van der Waals surface area (Å²) in [7, 11) is 0. The third kappa shape index (κ3) is 4.35. The average molecular weight is 323 g/mol. The lowest BCUT2D eigenvalue weighted by atomic mass is 9.86. The maximum Gasteiger partial charge on any atom is 0.254 e. The van der Waals surface area contributed by atoms with Crippen LogP contribution in [-0.4, -0.2) is 18.5 Å². The Bertz CT molecular complexity index is 513. The van der Waals surface area contributed by atoms with Crippen molar-refractivity contribution in [1.82, 2.24) is 5.32 Å². The van der Waals surface area contributed by atoms with E-state index in [1.165, 1.54) is 0 Å². The van der Waals surface area contributed by atoms with Gasteiger partial charge in [0.1, 0.15) is 0 Å². The van der Waals surface area contributed by atoms with Crippen molar-refractivity contribution in [2.75, 3.05) is 6.54 Å². The van der Waals surface area contributed by atoms with Crippen molar-refractivity contribution in [3.05, 3.63) is 35.1 Å². The molecule has 1 aromatic rings. The van der Waals surface area contributed by atoms with Crippen LogP contribution >= 0.6 is 12.4 Å². The first-order valence-corrected chi connectivity index (χ1v) is 6.66. The number of amides is 1. The molecule has 0 bridgehead atoms. The number of nitrogens with two attached hydrogens (primary N) is 1. The SMILES string of the molecule is Cl.NC1CCCC(CNC(=O)c2ccc(F)c(F)c2F)C1. The van der Waals surface area contributed by atoms with Crippen LogP contribution < -0.4 is 11.1 Å². The van der Waals surface area contributed by atoms with E-state index in [1.807, 2.05) is 0 Å². The van der Waals surface area contributed by atoms with Crippen LogP contribution in [-0.2, 0) is 0 Å². The van der Waals surface area contributed by atoms with Gasteiger partial charge < -0.3 is 11.1 Å². The van der Waals surface area contributed by atoms with Crippen molar-refractivity contribution in [2.24, 2.45) is 11.7 Å². The summed E-state index contributed by atoms with van der Waals surface area (Å²) in [6.45, 7) is 0.366. The van der Waals surface area contributed by atoms with E-state index in [-0.39, 0.29) is 24.4 Å². The number of rotatable bonds is 3. The molecule has 2 rings (SSSR count). The predicted octanol–water partition coefficient (Wildman–Crippen LogP) is 2.77. The van der Waals surface area contributed by atoms with Crippen molar-refractivity contribution in [1.29, 1.82) is 0 Å². The fraction of sp³-hybridized carbons (Fsp3) is 0.500. The van der Waals surface area contributed by atoms with Gasteiger partial charge >= 0.3 is 0 Å². The van der Waals surface area contributed by atoms with Crippen LogP contribution in [0.15, 0.2) is 12.1 Å². The predicted molar refractivity (Wildman–Crippen MR) is 75.8 cm³/mol. The van der Waals surface area contributed by atoms with E-state index < -0.39 is 28.9 Å². The van der Waals surface area contributed by atoms with Gasteiger partial charge in [0.25, 0.3) is 5.91 Å². The number of hydrogen-bond acceptors (Lipinski definition) is 2. The highest BCUT2D eigenvalue weighted by molar-refractivity contribution is 5.94. The van der Waals surface area contributed by atoms with Gasteiger partial charge in [-0.25, -0.2) is 13.2 Å². The third-order valence-electron chi connectivity index (χ3n) is 3.65. The molecule has 2 atom stereocenters. The summed E-state index contributed by atoms with van der Waals surface area (Å²) in [5.74, 6) is -4.88. The summed E-state index contributed by atoms with van der Waals surface area (Å²) in [5.41, 5.74) is 5.36. The van der Waals surface area contributed by atoms with E-state index >= 15 is 0 Å². The van der Waals surface area contributed by atoms with Gasteiger partial charge in [0.15, 0.2) is 17.5 Å². The molecule has 21 heavy (non-hydrogen) atoms. The molecule has 1 aromatic carbocycles. The van der Waals surface area contributed by atoms with Crippen LogP contribution in [0.5, 0.6) is 0 Å². The van der Waals surface area contributed by atoms with E-state index in [4.69, 9.17) is 5.73 Å². The zero-order valence-electron chi connectivity index (χ0n) is 11.4. The summed E-state index contributed by atoms with van der Waals surface area (Å²) < 4.78 is 39.3. The fourth-order valence-electron chi connectivity index (χ4n) is 2.55. The summed E-state index contributed by atoms with van der Waals surface area (Å²) >= 11 is 0. The normalized spacial score (nSPS) is 21.5. The Kier molecular flexibility index (Phi) is 6.48. The van der Waals surface area contributed by atoms with Crippen LogP contribution in [0.3, 0.4) is 0 Å². The molecule has 0 aromatic heterocycles. The number of carbonyl (C=O) groups is 1. The molecule has 1 aliphatic carbocycles. The van der Waals surface area contributed by atoms with Gasteiger partial charge in [0.05, 0.1) is 5.56 Å². The molecule has 0 heterocycles. The Morgan fingerprint density at radius 2 is 1.95 bits per heavy atom. The van der Waals surface area contributed by atoms with Crippen LogP contribution in [0.1, 0.15) is 36.0 Å². The number of carbonyl (C=O) groups excluding carboxylic acids is 1. The highest BCUT2D eigenvalue weighted by Gasteiger charge is 2.22. The topological polar surface area (TPSA) is 55.1 Å². The number of nitrogens with one attached hydrogen (secondary N) is 1. The molecule has 0 radical (unpaired) electrons. The van der Waals surface area contributed by atoms with Gasteiger partial charge in [-0.15, -0.1) is 12.4 Å². The van der Waals surface area contributed by atoms with Gasteiger partial charge in [-0.05, 0) is 37.3 Å². The Balaban J connectivity index is 0.00000220. The van der Waals surface area contributed by atoms with Crippen LogP contribution in [0, 0.1) is 23.4 Å². The largest absolute Gasteiger partial charge is 0.352 e. The molecule has 2 unspecified atom stereocenters. The molecular formula is C14H18ClF3N2O. The van der Waals surface area contributed by atoms with Crippen molar-refractivity contribution < 1.29 is 18.0 Å². The fourth-order valence-corrected chi connectivity index (χ4v) is 2.55. The molecule has 0 aliphatic heterocycles.